The van der Waals surface area contributed by atoms with Gasteiger partial charge in [-0.05, 0) is 28.1 Å². The molecule has 0 atom stereocenters. The second-order valence-corrected chi connectivity index (χ2v) is 3.76. The number of hydrogen-bond donors (Lipinski definition) is 2. The van der Waals surface area contributed by atoms with Gasteiger partial charge in [-0.15, -0.1) is 0 Å². The molecule has 0 aromatic carbocycles. The van der Waals surface area contributed by atoms with Crippen molar-refractivity contribution in [1.29, 1.82) is 0 Å². The van der Waals surface area contributed by atoms with Gasteiger partial charge in [0.1, 0.15) is 0 Å². The van der Waals surface area contributed by atoms with E-state index in [2.05, 4.69) is 13.8 Å². The van der Waals surface area contributed by atoms with Crippen LogP contribution in [0.25, 0.3) is 0 Å². The lowest BCUT2D eigenvalue weighted by Gasteiger charge is -1.90. The molecule has 19 heavy (non-hydrogen) atoms. The summed E-state index contributed by atoms with van der Waals surface area (Å²) in [4.78, 5) is 11.4. The number of nitrogens with zero attached hydrogens (tertiary/aromatic N) is 1. The summed E-state index contributed by atoms with van der Waals surface area (Å²) in [6.45, 7) is 12.0. The van der Waals surface area contributed by atoms with Gasteiger partial charge < -0.3 is 15.1 Å². The number of unbranched alkanes of at least 4 members (excludes halogenated alkanes) is 2. The maximum absolute atomic E-state index is 9.37. The molecule has 0 bridgehead atoms. The Hall–Kier alpha value is -0.610. The van der Waals surface area contributed by atoms with E-state index in [4.69, 9.17) is 10.2 Å². The highest BCUT2D eigenvalue weighted by atomic mass is 16.4. The van der Waals surface area contributed by atoms with Gasteiger partial charge in [0.05, 0.1) is 0 Å². The van der Waals surface area contributed by atoms with E-state index in [1.165, 1.54) is 19.3 Å². The van der Waals surface area contributed by atoms with Crippen molar-refractivity contribution in [3.63, 3.8) is 0 Å². The third kappa shape index (κ3) is 358. The van der Waals surface area contributed by atoms with Gasteiger partial charge in [-0.2, -0.15) is 0 Å². The predicted octanol–water partition coefficient (Wildman–Crippen LogP) is 3.88. The number of hydrogen-bond acceptors (Lipinski definition) is 3. The summed E-state index contributed by atoms with van der Waals surface area (Å²) in [6.07, 6.45) is 4.30. The van der Waals surface area contributed by atoms with Gasteiger partial charge in [-0.25, -0.2) is 0 Å². The number of carbonyl (C=O) groups is 1. The van der Waals surface area contributed by atoms with E-state index in [1.807, 2.05) is 39.9 Å². The number of rotatable bonds is 3. The lowest BCUT2D eigenvalue weighted by molar-refractivity contribution is -0.136. The molecular formula is C15H39NO3. The minimum Gasteiger partial charge on any atom is -0.481 e. The average Bonchev–Trinajstić information content (AvgIpc) is 2.33. The lowest BCUT2D eigenvalue weighted by atomic mass is 10.3. The Labute approximate surface area is 121 Å². The molecule has 4 heteroatoms. The van der Waals surface area contributed by atoms with Crippen LogP contribution in [-0.4, -0.2) is 48.8 Å². The Bertz CT molecular complexity index is 113. The average molecular weight is 281 g/mol. The van der Waals surface area contributed by atoms with Crippen LogP contribution < -0.4 is 0 Å². The molecule has 0 rings (SSSR count). The lowest BCUT2D eigenvalue weighted by Crippen LogP contribution is -1.99. The van der Waals surface area contributed by atoms with Crippen molar-refractivity contribution >= 4 is 5.97 Å². The second kappa shape index (κ2) is 43.3. The predicted molar refractivity (Wildman–Crippen MR) is 86.8 cm³/mol. The fourth-order valence-electron chi connectivity index (χ4n) is 0.354. The zero-order valence-corrected chi connectivity index (χ0v) is 14.8. The van der Waals surface area contributed by atoms with Crippen LogP contribution in [0.15, 0.2) is 0 Å². The molecule has 0 aliphatic heterocycles. The highest BCUT2D eigenvalue weighted by Gasteiger charge is 1.80. The first-order valence-electron chi connectivity index (χ1n) is 7.27. The summed E-state index contributed by atoms with van der Waals surface area (Å²) in [5.41, 5.74) is 0. The first-order chi connectivity index (χ1) is 8.83. The Balaban J connectivity index is -0.0000000446. The maximum Gasteiger partial charge on any atom is 0.303 e. The maximum atomic E-state index is 9.37. The molecule has 0 fully saturated rings. The highest BCUT2D eigenvalue weighted by molar-refractivity contribution is 5.66. The monoisotopic (exact) mass is 281 g/mol. The summed E-state index contributed by atoms with van der Waals surface area (Å²) in [5, 5.41) is 15.3. The zero-order valence-electron chi connectivity index (χ0n) is 14.8. The fourth-order valence-corrected chi connectivity index (χ4v) is 0.354. The van der Waals surface area contributed by atoms with E-state index in [-0.39, 0.29) is 13.0 Å². The summed E-state index contributed by atoms with van der Waals surface area (Å²) >= 11 is 0. The van der Waals surface area contributed by atoms with Gasteiger partial charge >= 0.3 is 5.97 Å². The van der Waals surface area contributed by atoms with Gasteiger partial charge in [-0.1, -0.05) is 53.9 Å². The molecule has 0 heterocycles. The first kappa shape index (κ1) is 31.0. The summed E-state index contributed by atoms with van der Waals surface area (Å²) in [5.74, 6) is -0.745. The third-order valence-corrected chi connectivity index (χ3v) is 1.01. The molecule has 122 valence electrons. The summed E-state index contributed by atoms with van der Waals surface area (Å²) in [6, 6.07) is 0. The molecule has 0 unspecified atom stereocenters. The van der Waals surface area contributed by atoms with E-state index in [1.54, 1.807) is 13.8 Å². The molecule has 0 amide bonds. The van der Waals surface area contributed by atoms with Crippen molar-refractivity contribution in [2.45, 2.75) is 67.2 Å². The van der Waals surface area contributed by atoms with Crippen LogP contribution in [-0.2, 0) is 4.79 Å². The third-order valence-electron chi connectivity index (χ3n) is 1.01. The van der Waals surface area contributed by atoms with E-state index >= 15 is 0 Å². The molecule has 2 N–H and O–H groups in total. The topological polar surface area (TPSA) is 60.8 Å². The van der Waals surface area contributed by atoms with Crippen LogP contribution in [0, 0.1) is 0 Å². The largest absolute Gasteiger partial charge is 0.481 e. The van der Waals surface area contributed by atoms with Crippen molar-refractivity contribution in [2.24, 2.45) is 0 Å². The standard InChI is InChI=1S/C5H12.C3H9N.C3H6O2.C2H6O.C2H6/c1-3-5-4-2;1-4(2)3;1-2-3(4)5;1-2-3;1-2/h3-5H2,1-2H3;1-3H3;2H2,1H3,(H,4,5);3H,2H2,1H3;1-2H3. The number of aliphatic carboxylic acids is 1. The fraction of sp³-hybridized carbons (Fsp3) is 0.933. The normalized spacial score (nSPS) is 7.32. The van der Waals surface area contributed by atoms with E-state index in [9.17, 15) is 4.79 Å². The van der Waals surface area contributed by atoms with Crippen LogP contribution in [0.1, 0.15) is 67.2 Å². The molecular weight excluding hydrogens is 242 g/mol. The van der Waals surface area contributed by atoms with Crippen molar-refractivity contribution in [2.75, 3.05) is 27.7 Å². The second-order valence-electron chi connectivity index (χ2n) is 3.76. The zero-order chi connectivity index (χ0) is 16.7. The highest BCUT2D eigenvalue weighted by Crippen LogP contribution is 1.88. The van der Waals surface area contributed by atoms with Crippen LogP contribution in [0.4, 0.5) is 0 Å². The van der Waals surface area contributed by atoms with E-state index in [0.29, 0.717) is 0 Å². The SMILES string of the molecule is CC.CCC(=O)O.CCCCC.CCO.CN(C)C. The molecule has 0 spiro atoms. The van der Waals surface area contributed by atoms with Gasteiger partial charge in [-0.3, -0.25) is 4.79 Å². The Kier molecular flexibility index (Phi) is 70.6. The number of carboxylic acids is 1. The summed E-state index contributed by atoms with van der Waals surface area (Å²) < 4.78 is 0. The minimum atomic E-state index is -0.745. The molecule has 0 radical (unpaired) electrons. The van der Waals surface area contributed by atoms with Crippen molar-refractivity contribution in [1.82, 2.24) is 4.90 Å². The molecule has 4 nitrogen and oxygen atoms in total. The quantitative estimate of drug-likeness (QED) is 0.824. The van der Waals surface area contributed by atoms with Gasteiger partial charge in [0.2, 0.25) is 0 Å². The molecule has 0 saturated carbocycles. The Morgan fingerprint density at radius 3 is 1.11 bits per heavy atom. The Morgan fingerprint density at radius 1 is 0.947 bits per heavy atom. The first-order valence-corrected chi connectivity index (χ1v) is 7.27. The molecule has 0 saturated heterocycles. The van der Waals surface area contributed by atoms with E-state index < -0.39 is 5.97 Å². The van der Waals surface area contributed by atoms with Gasteiger partial charge in [0.15, 0.2) is 0 Å². The van der Waals surface area contributed by atoms with Gasteiger partial charge in [0.25, 0.3) is 0 Å². The molecule has 0 aromatic heterocycles. The van der Waals surface area contributed by atoms with Crippen LogP contribution in [0.3, 0.4) is 0 Å². The van der Waals surface area contributed by atoms with E-state index in [0.717, 1.165) is 0 Å². The number of carboxylic acid groups (broad SMARTS) is 1. The summed E-state index contributed by atoms with van der Waals surface area (Å²) in [7, 11) is 6.00. The molecule has 0 aromatic rings. The van der Waals surface area contributed by atoms with Crippen molar-refractivity contribution in [3.8, 4) is 0 Å². The van der Waals surface area contributed by atoms with Crippen LogP contribution >= 0.6 is 0 Å². The van der Waals surface area contributed by atoms with Crippen LogP contribution in [0.5, 0.6) is 0 Å². The van der Waals surface area contributed by atoms with Crippen LogP contribution in [0.2, 0.25) is 0 Å². The van der Waals surface area contributed by atoms with Gasteiger partial charge in [0, 0.05) is 13.0 Å². The Morgan fingerprint density at radius 2 is 1.11 bits per heavy atom. The number of aliphatic hydroxyl groups excluding tert-OH is 1. The molecule has 0 aliphatic rings. The van der Waals surface area contributed by atoms with Crippen molar-refractivity contribution < 1.29 is 15.0 Å². The number of aliphatic hydroxyl groups is 1. The molecule has 0 aliphatic carbocycles. The smallest absolute Gasteiger partial charge is 0.303 e. The van der Waals surface area contributed by atoms with Crippen molar-refractivity contribution in [3.05, 3.63) is 0 Å². The minimum absolute atomic E-state index is 0.222.